The lowest BCUT2D eigenvalue weighted by Crippen LogP contribution is -2.09. The number of aromatic nitrogens is 4. The lowest BCUT2D eigenvalue weighted by atomic mass is 9.83. The highest BCUT2D eigenvalue weighted by Gasteiger charge is 2.35. The molecule has 5 aromatic carbocycles. The van der Waals surface area contributed by atoms with Gasteiger partial charge in [-0.25, -0.2) is 15.0 Å². The maximum atomic E-state index is 6.60. The molecule has 0 spiro atoms. The highest BCUT2D eigenvalue weighted by Crippen LogP contribution is 2.48. The van der Waals surface area contributed by atoms with Crippen molar-refractivity contribution in [2.75, 3.05) is 0 Å². The van der Waals surface area contributed by atoms with Crippen LogP contribution in [0.25, 0.3) is 61.4 Å². The molecule has 1 atom stereocenters. The van der Waals surface area contributed by atoms with E-state index in [0.717, 1.165) is 47.5 Å². The number of hydrogen-bond donors (Lipinski definition) is 0. The quantitative estimate of drug-likeness (QED) is 0.187. The van der Waals surface area contributed by atoms with Crippen LogP contribution in [0.4, 0.5) is 0 Å². The second-order valence-corrected chi connectivity index (χ2v) is 13.1. The first-order chi connectivity index (χ1) is 24.8. The fraction of sp³-hybridized carbons (Fsp3) is 0.0889. The molecule has 10 rings (SSSR count). The molecular weight excluding hydrogens is 613 g/mol. The van der Waals surface area contributed by atoms with Crippen molar-refractivity contribution in [2.45, 2.75) is 19.3 Å². The van der Waals surface area contributed by atoms with Gasteiger partial charge in [0.2, 0.25) is 0 Å². The van der Waals surface area contributed by atoms with E-state index in [1.165, 1.54) is 44.2 Å². The molecule has 5 heteroatoms. The van der Waals surface area contributed by atoms with Gasteiger partial charge in [-0.1, -0.05) is 121 Å². The zero-order valence-corrected chi connectivity index (χ0v) is 27.3. The third kappa shape index (κ3) is 4.81. The SMILES string of the molecule is C1=C(c2ccc3c4ccccc4n(-c4ccccc4)c3c2)CCC2=C1C1CC=C(c3nc(-c4ccccc4)nc(-c4ccccc4)n3)C=C1O2. The third-order valence-corrected chi connectivity index (χ3v) is 10.1. The van der Waals surface area contributed by atoms with Crippen LogP contribution < -0.4 is 0 Å². The van der Waals surface area contributed by atoms with Crippen LogP contribution in [0.5, 0.6) is 0 Å². The van der Waals surface area contributed by atoms with E-state index in [1.54, 1.807) is 0 Å². The molecule has 3 aliphatic rings. The summed E-state index contributed by atoms with van der Waals surface area (Å²) in [4.78, 5) is 14.8. The number of benzene rings is 5. The second kappa shape index (κ2) is 11.7. The van der Waals surface area contributed by atoms with E-state index in [-0.39, 0.29) is 5.92 Å². The molecule has 0 saturated carbocycles. The molecule has 5 nitrogen and oxygen atoms in total. The molecule has 0 saturated heterocycles. The van der Waals surface area contributed by atoms with Crippen LogP contribution in [-0.4, -0.2) is 19.5 Å². The van der Waals surface area contributed by atoms with Gasteiger partial charge in [0.05, 0.1) is 11.0 Å². The van der Waals surface area contributed by atoms with E-state index in [1.807, 2.05) is 60.7 Å². The number of rotatable bonds is 5. The van der Waals surface area contributed by atoms with Gasteiger partial charge in [-0.3, -0.25) is 0 Å². The van der Waals surface area contributed by atoms with Gasteiger partial charge in [-0.05, 0) is 54.3 Å². The molecule has 2 aromatic heterocycles. The Labute approximate surface area is 290 Å². The van der Waals surface area contributed by atoms with Crippen molar-refractivity contribution in [3.05, 3.63) is 180 Å². The van der Waals surface area contributed by atoms with E-state index < -0.39 is 0 Å². The van der Waals surface area contributed by atoms with Gasteiger partial charge < -0.3 is 9.30 Å². The average Bonchev–Trinajstić information content (AvgIpc) is 3.73. The molecular formula is C45H32N4O. The predicted octanol–water partition coefficient (Wildman–Crippen LogP) is 10.8. The summed E-state index contributed by atoms with van der Waals surface area (Å²) in [6.45, 7) is 0. The molecule has 1 unspecified atom stereocenters. The van der Waals surface area contributed by atoms with E-state index in [0.29, 0.717) is 17.5 Å². The number of fused-ring (bicyclic) bond motifs is 5. The van der Waals surface area contributed by atoms with Crippen molar-refractivity contribution in [3.63, 3.8) is 0 Å². The van der Waals surface area contributed by atoms with Gasteiger partial charge in [0.1, 0.15) is 11.5 Å². The molecule has 0 fully saturated rings. The van der Waals surface area contributed by atoms with Gasteiger partial charge in [-0.2, -0.15) is 0 Å². The molecule has 238 valence electrons. The minimum absolute atomic E-state index is 0.188. The van der Waals surface area contributed by atoms with Crippen LogP contribution in [0.1, 0.15) is 30.7 Å². The molecule has 50 heavy (non-hydrogen) atoms. The van der Waals surface area contributed by atoms with Crippen molar-refractivity contribution < 1.29 is 4.74 Å². The number of allylic oxidation sites excluding steroid dienone is 7. The number of hydrogen-bond acceptors (Lipinski definition) is 4. The summed E-state index contributed by atoms with van der Waals surface area (Å²) in [5.41, 5.74) is 10.4. The maximum Gasteiger partial charge on any atom is 0.164 e. The largest absolute Gasteiger partial charge is 0.465 e. The monoisotopic (exact) mass is 644 g/mol. The van der Waals surface area contributed by atoms with Crippen LogP contribution in [0.3, 0.4) is 0 Å². The number of nitrogens with zero attached hydrogens (tertiary/aromatic N) is 4. The van der Waals surface area contributed by atoms with Crippen molar-refractivity contribution in [2.24, 2.45) is 5.92 Å². The average molecular weight is 645 g/mol. The molecule has 0 amide bonds. The van der Waals surface area contributed by atoms with Crippen LogP contribution in [0.15, 0.2) is 169 Å². The second-order valence-electron chi connectivity index (χ2n) is 13.1. The molecule has 7 aromatic rings. The van der Waals surface area contributed by atoms with Gasteiger partial charge in [0, 0.05) is 51.1 Å². The Balaban J connectivity index is 0.995. The first kappa shape index (κ1) is 28.7. The Hall–Kier alpha value is -6.33. The molecule has 0 N–H and O–H groups in total. The highest BCUT2D eigenvalue weighted by atomic mass is 16.5. The van der Waals surface area contributed by atoms with E-state index in [2.05, 4.69) is 95.6 Å². The van der Waals surface area contributed by atoms with E-state index >= 15 is 0 Å². The van der Waals surface area contributed by atoms with E-state index in [9.17, 15) is 0 Å². The van der Waals surface area contributed by atoms with Crippen molar-refractivity contribution in [3.8, 4) is 28.5 Å². The molecule has 1 aliphatic heterocycles. The number of para-hydroxylation sites is 2. The summed E-state index contributed by atoms with van der Waals surface area (Å²) in [6, 6.07) is 46.6. The molecule has 3 heterocycles. The third-order valence-electron chi connectivity index (χ3n) is 10.1. The smallest absolute Gasteiger partial charge is 0.164 e. The minimum Gasteiger partial charge on any atom is -0.465 e. The first-order valence-corrected chi connectivity index (χ1v) is 17.3. The van der Waals surface area contributed by atoms with Gasteiger partial charge in [-0.15, -0.1) is 0 Å². The minimum atomic E-state index is 0.188. The Morgan fingerprint density at radius 2 is 1.20 bits per heavy atom. The van der Waals surface area contributed by atoms with Crippen molar-refractivity contribution >= 4 is 33.0 Å². The van der Waals surface area contributed by atoms with Gasteiger partial charge >= 0.3 is 0 Å². The molecule has 0 radical (unpaired) electrons. The van der Waals surface area contributed by atoms with Crippen LogP contribution >= 0.6 is 0 Å². The Morgan fingerprint density at radius 3 is 1.94 bits per heavy atom. The maximum absolute atomic E-state index is 6.60. The topological polar surface area (TPSA) is 52.8 Å². The summed E-state index contributed by atoms with van der Waals surface area (Å²) < 4.78 is 8.99. The van der Waals surface area contributed by atoms with Crippen molar-refractivity contribution in [1.29, 1.82) is 0 Å². The van der Waals surface area contributed by atoms with Crippen LogP contribution in [0.2, 0.25) is 0 Å². The highest BCUT2D eigenvalue weighted by molar-refractivity contribution is 6.10. The fourth-order valence-corrected chi connectivity index (χ4v) is 7.68. The first-order valence-electron chi connectivity index (χ1n) is 17.3. The lowest BCUT2D eigenvalue weighted by molar-refractivity contribution is 0.292. The molecule has 0 bridgehead atoms. The fourth-order valence-electron chi connectivity index (χ4n) is 7.68. The standard InChI is InChI=1S/C45H32N4O/c1-4-12-29(13-5-1)43-46-44(30-14-6-2-7-15-30)48-45(47-43)33-21-24-37-38-26-31(22-25-41(38)50-42(37)28-33)32-20-23-36-35-18-10-11-19-39(35)49(40(36)27-32)34-16-8-3-9-17-34/h1-21,23,26-28,37H,22,24-25H2. The Kier molecular flexibility index (Phi) is 6.69. The van der Waals surface area contributed by atoms with Crippen LogP contribution in [-0.2, 0) is 4.74 Å². The summed E-state index contributed by atoms with van der Waals surface area (Å²) in [6.07, 6.45) is 9.45. The normalized spacial score (nSPS) is 16.8. The molecule has 2 aliphatic carbocycles. The van der Waals surface area contributed by atoms with Gasteiger partial charge in [0.25, 0.3) is 0 Å². The summed E-state index contributed by atoms with van der Waals surface area (Å²) in [5.74, 6) is 4.24. The lowest BCUT2D eigenvalue weighted by Gasteiger charge is -2.18. The van der Waals surface area contributed by atoms with Crippen LogP contribution in [0, 0.1) is 5.92 Å². The van der Waals surface area contributed by atoms with Gasteiger partial charge in [0.15, 0.2) is 17.5 Å². The van der Waals surface area contributed by atoms with E-state index in [4.69, 9.17) is 19.7 Å². The number of ether oxygens (including phenoxy) is 1. The summed E-state index contributed by atoms with van der Waals surface area (Å²) >= 11 is 0. The predicted molar refractivity (Wildman–Crippen MR) is 201 cm³/mol. The zero-order valence-electron chi connectivity index (χ0n) is 27.3. The Bertz CT molecular complexity index is 2520. The summed E-state index contributed by atoms with van der Waals surface area (Å²) in [5, 5.41) is 2.54. The van der Waals surface area contributed by atoms with Crippen molar-refractivity contribution in [1.82, 2.24) is 19.5 Å². The zero-order chi connectivity index (χ0) is 33.0. The summed E-state index contributed by atoms with van der Waals surface area (Å²) in [7, 11) is 0. The Morgan fingerprint density at radius 1 is 0.560 bits per heavy atom.